The molecule has 0 amide bonds. The third-order valence-electron chi connectivity index (χ3n) is 4.01. The quantitative estimate of drug-likeness (QED) is 0.881. The Hall–Kier alpha value is -1.37. The summed E-state index contributed by atoms with van der Waals surface area (Å²) in [6.45, 7) is 9.11. The molecule has 0 radical (unpaired) electrons. The van der Waals surface area contributed by atoms with Crippen LogP contribution in [0.2, 0.25) is 0 Å². The SMILES string of the molecule is CCNC(C)(C#N)CC(C)N1Cc2ccccc2C1. The van der Waals surface area contributed by atoms with Gasteiger partial charge in [0.1, 0.15) is 5.54 Å². The molecule has 1 aromatic carbocycles. The third kappa shape index (κ3) is 3.15. The number of nitrogens with one attached hydrogen (secondary N) is 1. The van der Waals surface area contributed by atoms with E-state index >= 15 is 0 Å². The number of fused-ring (bicyclic) bond motifs is 1. The highest BCUT2D eigenvalue weighted by molar-refractivity contribution is 5.30. The number of nitrogens with zero attached hydrogens (tertiary/aromatic N) is 2. The van der Waals surface area contributed by atoms with Gasteiger partial charge in [0, 0.05) is 19.1 Å². The summed E-state index contributed by atoms with van der Waals surface area (Å²) in [6.07, 6.45) is 0.853. The van der Waals surface area contributed by atoms with Crippen LogP contribution < -0.4 is 5.32 Å². The van der Waals surface area contributed by atoms with Crippen molar-refractivity contribution in [3.8, 4) is 6.07 Å². The fourth-order valence-corrected chi connectivity index (χ4v) is 2.94. The molecule has 1 aliphatic rings. The van der Waals surface area contributed by atoms with Crippen LogP contribution in [0.1, 0.15) is 38.3 Å². The van der Waals surface area contributed by atoms with E-state index in [9.17, 15) is 5.26 Å². The van der Waals surface area contributed by atoms with E-state index in [1.807, 2.05) is 13.8 Å². The van der Waals surface area contributed by atoms with Crippen molar-refractivity contribution >= 4 is 0 Å². The highest BCUT2D eigenvalue weighted by Crippen LogP contribution is 2.27. The molecule has 0 spiro atoms. The Morgan fingerprint density at radius 2 is 1.95 bits per heavy atom. The second-order valence-electron chi connectivity index (χ2n) is 5.70. The van der Waals surface area contributed by atoms with E-state index in [-0.39, 0.29) is 0 Å². The van der Waals surface area contributed by atoms with Crippen LogP contribution in [0, 0.1) is 11.3 Å². The van der Waals surface area contributed by atoms with Crippen LogP contribution in [0.5, 0.6) is 0 Å². The summed E-state index contributed by atoms with van der Waals surface area (Å²) in [5, 5.41) is 12.6. The van der Waals surface area contributed by atoms with Crippen LogP contribution in [0.3, 0.4) is 0 Å². The minimum absolute atomic E-state index is 0.399. The molecule has 3 nitrogen and oxygen atoms in total. The van der Waals surface area contributed by atoms with Gasteiger partial charge in [-0.15, -0.1) is 0 Å². The summed E-state index contributed by atoms with van der Waals surface area (Å²) < 4.78 is 0. The lowest BCUT2D eigenvalue weighted by Crippen LogP contribution is -2.46. The third-order valence-corrected chi connectivity index (χ3v) is 4.01. The standard InChI is InChI=1S/C16H23N3/c1-4-18-16(3,12-17)9-13(2)19-10-14-7-5-6-8-15(14)11-19/h5-8,13,18H,4,9-11H2,1-3H3. The summed E-state index contributed by atoms with van der Waals surface area (Å²) >= 11 is 0. The van der Waals surface area contributed by atoms with Crippen molar-refractivity contribution < 1.29 is 0 Å². The van der Waals surface area contributed by atoms with Crippen LogP contribution in [0.15, 0.2) is 24.3 Å². The Morgan fingerprint density at radius 3 is 2.42 bits per heavy atom. The summed E-state index contributed by atoms with van der Waals surface area (Å²) in [5.41, 5.74) is 2.43. The normalized spacial score (nSPS) is 19.5. The Balaban J connectivity index is 2.00. The largest absolute Gasteiger partial charge is 0.300 e. The van der Waals surface area contributed by atoms with Crippen LogP contribution in [0.4, 0.5) is 0 Å². The first kappa shape index (κ1) is 14.0. The average Bonchev–Trinajstić information content (AvgIpc) is 2.83. The molecule has 0 saturated carbocycles. The first-order valence-corrected chi connectivity index (χ1v) is 7.05. The molecule has 19 heavy (non-hydrogen) atoms. The molecule has 1 aliphatic heterocycles. The Bertz CT molecular complexity index is 452. The average molecular weight is 257 g/mol. The molecule has 3 heteroatoms. The zero-order chi connectivity index (χ0) is 13.9. The first-order chi connectivity index (χ1) is 9.08. The van der Waals surface area contributed by atoms with Crippen molar-refractivity contribution in [2.24, 2.45) is 0 Å². The lowest BCUT2D eigenvalue weighted by molar-refractivity contribution is 0.178. The molecule has 1 aromatic rings. The molecule has 1 N–H and O–H groups in total. The number of rotatable bonds is 5. The minimum Gasteiger partial charge on any atom is -0.300 e. The predicted octanol–water partition coefficient (Wildman–Crippen LogP) is 2.67. The molecule has 2 rings (SSSR count). The zero-order valence-corrected chi connectivity index (χ0v) is 12.1. The van der Waals surface area contributed by atoms with Crippen molar-refractivity contribution in [3.05, 3.63) is 35.4 Å². The van der Waals surface area contributed by atoms with Gasteiger partial charge in [-0.25, -0.2) is 0 Å². The second-order valence-corrected chi connectivity index (χ2v) is 5.70. The van der Waals surface area contributed by atoms with Crippen molar-refractivity contribution in [2.45, 2.75) is 51.9 Å². The van der Waals surface area contributed by atoms with Gasteiger partial charge in [0.05, 0.1) is 6.07 Å². The van der Waals surface area contributed by atoms with E-state index < -0.39 is 5.54 Å². The summed E-state index contributed by atoms with van der Waals surface area (Å²) in [5.74, 6) is 0. The van der Waals surface area contributed by atoms with E-state index in [1.165, 1.54) is 11.1 Å². The molecular weight excluding hydrogens is 234 g/mol. The van der Waals surface area contributed by atoms with Gasteiger partial charge in [-0.1, -0.05) is 31.2 Å². The van der Waals surface area contributed by atoms with Gasteiger partial charge in [-0.2, -0.15) is 5.26 Å². The molecule has 1 heterocycles. The lowest BCUT2D eigenvalue weighted by atomic mass is 9.94. The number of benzene rings is 1. The summed E-state index contributed by atoms with van der Waals surface area (Å²) in [6, 6.07) is 11.4. The van der Waals surface area contributed by atoms with E-state index in [4.69, 9.17) is 0 Å². The first-order valence-electron chi connectivity index (χ1n) is 7.05. The monoisotopic (exact) mass is 257 g/mol. The maximum Gasteiger partial charge on any atom is 0.105 e. The molecule has 0 saturated heterocycles. The van der Waals surface area contributed by atoms with Crippen molar-refractivity contribution in [1.29, 1.82) is 5.26 Å². The van der Waals surface area contributed by atoms with E-state index in [2.05, 4.69) is 47.5 Å². The predicted molar refractivity (Wildman–Crippen MR) is 77.5 cm³/mol. The summed E-state index contributed by atoms with van der Waals surface area (Å²) in [7, 11) is 0. The molecule has 102 valence electrons. The van der Waals surface area contributed by atoms with Gasteiger partial charge in [0.25, 0.3) is 0 Å². The molecule has 2 unspecified atom stereocenters. The van der Waals surface area contributed by atoms with Crippen molar-refractivity contribution in [2.75, 3.05) is 6.54 Å². The topological polar surface area (TPSA) is 39.1 Å². The minimum atomic E-state index is -0.428. The van der Waals surface area contributed by atoms with Gasteiger partial charge in [0.2, 0.25) is 0 Å². The van der Waals surface area contributed by atoms with E-state index in [1.54, 1.807) is 0 Å². The molecule has 0 fully saturated rings. The molecule has 2 atom stereocenters. The molecule has 0 aliphatic carbocycles. The Labute approximate surface area is 116 Å². The highest BCUT2D eigenvalue weighted by Gasteiger charge is 2.30. The van der Waals surface area contributed by atoms with Gasteiger partial charge >= 0.3 is 0 Å². The van der Waals surface area contributed by atoms with Crippen LogP contribution in [0.25, 0.3) is 0 Å². The Morgan fingerprint density at radius 1 is 1.37 bits per heavy atom. The molecule has 0 bridgehead atoms. The Kier molecular flexibility index (Phi) is 4.24. The van der Waals surface area contributed by atoms with Gasteiger partial charge < -0.3 is 0 Å². The van der Waals surface area contributed by atoms with E-state index in [0.29, 0.717) is 6.04 Å². The van der Waals surface area contributed by atoms with Crippen molar-refractivity contribution in [1.82, 2.24) is 10.2 Å². The van der Waals surface area contributed by atoms with Crippen LogP contribution in [-0.4, -0.2) is 23.0 Å². The van der Waals surface area contributed by atoms with Gasteiger partial charge in [-0.05, 0) is 37.9 Å². The zero-order valence-electron chi connectivity index (χ0n) is 12.1. The number of hydrogen-bond donors (Lipinski definition) is 1. The fraction of sp³-hybridized carbons (Fsp3) is 0.562. The van der Waals surface area contributed by atoms with Gasteiger partial charge in [-0.3, -0.25) is 10.2 Å². The fourth-order valence-electron chi connectivity index (χ4n) is 2.94. The number of hydrogen-bond acceptors (Lipinski definition) is 3. The van der Waals surface area contributed by atoms with Crippen molar-refractivity contribution in [3.63, 3.8) is 0 Å². The molecule has 0 aromatic heterocycles. The lowest BCUT2D eigenvalue weighted by Gasteiger charge is -2.31. The maximum absolute atomic E-state index is 9.35. The second kappa shape index (κ2) is 5.73. The highest BCUT2D eigenvalue weighted by atomic mass is 15.2. The smallest absolute Gasteiger partial charge is 0.105 e. The maximum atomic E-state index is 9.35. The van der Waals surface area contributed by atoms with Crippen LogP contribution in [-0.2, 0) is 13.1 Å². The summed E-state index contributed by atoms with van der Waals surface area (Å²) in [4.78, 5) is 2.46. The number of nitriles is 1. The molecular formula is C16H23N3. The van der Waals surface area contributed by atoms with Crippen LogP contribution >= 0.6 is 0 Å². The van der Waals surface area contributed by atoms with Gasteiger partial charge in [0.15, 0.2) is 0 Å². The van der Waals surface area contributed by atoms with E-state index in [0.717, 1.165) is 26.1 Å².